The maximum Gasteiger partial charge on any atom is 0.270 e. The largest absolute Gasteiger partial charge is 0.487 e. The summed E-state index contributed by atoms with van der Waals surface area (Å²) >= 11 is 0. The molecule has 3 N–H and O–H groups in total. The van der Waals surface area contributed by atoms with E-state index in [9.17, 15) is 15.2 Å². The second-order valence-electron chi connectivity index (χ2n) is 4.06. The Balaban J connectivity index is 2.42. The number of rotatable bonds is 2. The van der Waals surface area contributed by atoms with Gasteiger partial charge in [-0.2, -0.15) is 0 Å². The van der Waals surface area contributed by atoms with Gasteiger partial charge in [0.25, 0.3) is 5.69 Å². The minimum absolute atomic E-state index is 0.0510. The number of nitrogens with zero attached hydrogens (tertiary/aromatic N) is 1. The van der Waals surface area contributed by atoms with Gasteiger partial charge < -0.3 is 15.6 Å². The Labute approximate surface area is 98.2 Å². The van der Waals surface area contributed by atoms with Crippen molar-refractivity contribution in [2.75, 3.05) is 0 Å². The highest BCUT2D eigenvalue weighted by atomic mass is 16.6. The lowest BCUT2D eigenvalue weighted by atomic mass is 9.93. The molecule has 6 heteroatoms. The van der Waals surface area contributed by atoms with E-state index < -0.39 is 17.1 Å². The van der Waals surface area contributed by atoms with Gasteiger partial charge in [-0.15, -0.1) is 0 Å². The van der Waals surface area contributed by atoms with Crippen LogP contribution in [-0.2, 0) is 0 Å². The summed E-state index contributed by atoms with van der Waals surface area (Å²) in [6.45, 7) is 1.89. The molecule has 3 atom stereocenters. The average Bonchev–Trinajstić information content (AvgIpc) is 2.33. The molecule has 0 fully saturated rings. The fourth-order valence-corrected chi connectivity index (χ4v) is 1.99. The summed E-state index contributed by atoms with van der Waals surface area (Å²) in [5.74, 6) is 0.514. The standard InChI is InChI=1S/C11H14N2O4/c1-2-8-11(14)10(12)7-5-6(13(15)16)3-4-9(7)17-8/h3-5,8,10-11,14H,2,12H2,1H3. The summed E-state index contributed by atoms with van der Waals surface area (Å²) in [6, 6.07) is 3.61. The van der Waals surface area contributed by atoms with Gasteiger partial charge >= 0.3 is 0 Å². The quantitative estimate of drug-likeness (QED) is 0.594. The molecule has 1 aliphatic rings. The SMILES string of the molecule is CCC1Oc2ccc([N+](=O)[O-])cc2C(N)C1O. The highest BCUT2D eigenvalue weighted by molar-refractivity contribution is 5.47. The smallest absolute Gasteiger partial charge is 0.270 e. The molecule has 2 rings (SSSR count). The highest BCUT2D eigenvalue weighted by Gasteiger charge is 2.34. The number of aliphatic hydroxyl groups excluding tert-OH is 1. The number of nitro benzene ring substituents is 1. The lowest BCUT2D eigenvalue weighted by molar-refractivity contribution is -0.385. The van der Waals surface area contributed by atoms with Crippen LogP contribution < -0.4 is 10.5 Å². The Kier molecular flexibility index (Phi) is 2.99. The van der Waals surface area contributed by atoms with Crippen molar-refractivity contribution in [2.24, 2.45) is 5.73 Å². The summed E-state index contributed by atoms with van der Waals surface area (Å²) in [7, 11) is 0. The summed E-state index contributed by atoms with van der Waals surface area (Å²) in [5, 5.41) is 20.6. The first kappa shape index (κ1) is 11.8. The number of hydrogen-bond donors (Lipinski definition) is 2. The van der Waals surface area contributed by atoms with Crippen LogP contribution in [0, 0.1) is 10.1 Å². The fourth-order valence-electron chi connectivity index (χ4n) is 1.99. The zero-order chi connectivity index (χ0) is 12.6. The van der Waals surface area contributed by atoms with Crippen molar-refractivity contribution >= 4 is 5.69 Å². The zero-order valence-electron chi connectivity index (χ0n) is 9.37. The number of fused-ring (bicyclic) bond motifs is 1. The third-order valence-corrected chi connectivity index (χ3v) is 2.99. The van der Waals surface area contributed by atoms with Crippen LogP contribution in [-0.4, -0.2) is 22.2 Å². The molecule has 1 aromatic rings. The molecule has 0 saturated carbocycles. The van der Waals surface area contributed by atoms with Crippen molar-refractivity contribution in [1.82, 2.24) is 0 Å². The third-order valence-electron chi connectivity index (χ3n) is 2.99. The van der Waals surface area contributed by atoms with Crippen LogP contribution in [0.25, 0.3) is 0 Å². The summed E-state index contributed by atoms with van der Waals surface area (Å²) in [6.07, 6.45) is -0.570. The predicted octanol–water partition coefficient (Wildman–Crippen LogP) is 1.13. The molecule has 6 nitrogen and oxygen atoms in total. The van der Waals surface area contributed by atoms with Crippen molar-refractivity contribution in [1.29, 1.82) is 0 Å². The van der Waals surface area contributed by atoms with Crippen molar-refractivity contribution in [3.8, 4) is 5.75 Å². The first-order valence-corrected chi connectivity index (χ1v) is 5.43. The zero-order valence-corrected chi connectivity index (χ0v) is 9.37. The molecule has 3 unspecified atom stereocenters. The summed E-state index contributed by atoms with van der Waals surface area (Å²) < 4.78 is 5.55. The molecule has 92 valence electrons. The van der Waals surface area contributed by atoms with E-state index in [0.29, 0.717) is 17.7 Å². The summed E-state index contributed by atoms with van der Waals surface area (Å²) in [5.41, 5.74) is 6.30. The van der Waals surface area contributed by atoms with Gasteiger partial charge in [0.1, 0.15) is 18.0 Å². The van der Waals surface area contributed by atoms with Crippen molar-refractivity contribution < 1.29 is 14.8 Å². The summed E-state index contributed by atoms with van der Waals surface area (Å²) in [4.78, 5) is 10.2. The van der Waals surface area contributed by atoms with Crippen molar-refractivity contribution in [3.63, 3.8) is 0 Å². The van der Waals surface area contributed by atoms with E-state index in [1.807, 2.05) is 6.92 Å². The molecule has 1 heterocycles. The number of benzene rings is 1. The topological polar surface area (TPSA) is 98.6 Å². The van der Waals surface area contributed by atoms with E-state index in [1.165, 1.54) is 18.2 Å². The van der Waals surface area contributed by atoms with E-state index in [1.54, 1.807) is 0 Å². The number of nitrogens with two attached hydrogens (primary N) is 1. The van der Waals surface area contributed by atoms with Gasteiger partial charge in [0.2, 0.25) is 0 Å². The molecule has 17 heavy (non-hydrogen) atoms. The maximum absolute atomic E-state index is 10.7. The van der Waals surface area contributed by atoms with Gasteiger partial charge in [-0.1, -0.05) is 6.92 Å². The van der Waals surface area contributed by atoms with Gasteiger partial charge in [0.15, 0.2) is 0 Å². The average molecular weight is 238 g/mol. The monoisotopic (exact) mass is 238 g/mol. The van der Waals surface area contributed by atoms with Crippen LogP contribution in [0.1, 0.15) is 24.9 Å². The maximum atomic E-state index is 10.7. The van der Waals surface area contributed by atoms with Crippen LogP contribution in [0.3, 0.4) is 0 Å². The van der Waals surface area contributed by atoms with E-state index >= 15 is 0 Å². The Morgan fingerprint density at radius 1 is 1.59 bits per heavy atom. The van der Waals surface area contributed by atoms with Gasteiger partial charge in [-0.3, -0.25) is 10.1 Å². The molecule has 0 radical (unpaired) electrons. The van der Waals surface area contributed by atoms with Crippen LogP contribution in [0.15, 0.2) is 18.2 Å². The van der Waals surface area contributed by atoms with E-state index in [0.717, 1.165) is 0 Å². The minimum atomic E-state index is -0.838. The highest BCUT2D eigenvalue weighted by Crippen LogP contribution is 2.36. The molecule has 0 amide bonds. The first-order valence-electron chi connectivity index (χ1n) is 5.43. The molecular formula is C11H14N2O4. The van der Waals surface area contributed by atoms with Crippen LogP contribution in [0.2, 0.25) is 0 Å². The van der Waals surface area contributed by atoms with Crippen LogP contribution in [0.5, 0.6) is 5.75 Å². The van der Waals surface area contributed by atoms with Gasteiger partial charge in [-0.05, 0) is 12.5 Å². The second kappa shape index (κ2) is 4.31. The first-order chi connectivity index (χ1) is 8.04. The Morgan fingerprint density at radius 2 is 2.29 bits per heavy atom. The Morgan fingerprint density at radius 3 is 2.88 bits per heavy atom. The van der Waals surface area contributed by atoms with Crippen LogP contribution >= 0.6 is 0 Å². The molecule has 0 aliphatic carbocycles. The second-order valence-corrected chi connectivity index (χ2v) is 4.06. The van der Waals surface area contributed by atoms with Crippen LogP contribution in [0.4, 0.5) is 5.69 Å². The third kappa shape index (κ3) is 1.96. The number of ether oxygens (including phenoxy) is 1. The molecule has 0 saturated heterocycles. The molecule has 0 aromatic heterocycles. The van der Waals surface area contributed by atoms with Gasteiger partial charge in [0.05, 0.1) is 11.0 Å². The number of aliphatic hydroxyl groups is 1. The normalized spacial score (nSPS) is 27.1. The molecular weight excluding hydrogens is 224 g/mol. The molecule has 1 aliphatic heterocycles. The Hall–Kier alpha value is -1.66. The fraction of sp³-hybridized carbons (Fsp3) is 0.455. The lowest BCUT2D eigenvalue weighted by Crippen LogP contribution is -2.43. The minimum Gasteiger partial charge on any atom is -0.487 e. The van der Waals surface area contributed by atoms with Crippen molar-refractivity contribution in [3.05, 3.63) is 33.9 Å². The molecule has 0 bridgehead atoms. The van der Waals surface area contributed by atoms with E-state index in [4.69, 9.17) is 10.5 Å². The van der Waals surface area contributed by atoms with Crippen molar-refractivity contribution in [2.45, 2.75) is 31.6 Å². The van der Waals surface area contributed by atoms with E-state index in [-0.39, 0.29) is 11.8 Å². The number of nitro groups is 1. The lowest BCUT2D eigenvalue weighted by Gasteiger charge is -2.34. The molecule has 0 spiro atoms. The number of non-ortho nitro benzene ring substituents is 1. The Bertz CT molecular complexity index is 449. The van der Waals surface area contributed by atoms with Gasteiger partial charge in [0, 0.05) is 17.7 Å². The van der Waals surface area contributed by atoms with E-state index in [2.05, 4.69) is 0 Å². The number of hydrogen-bond acceptors (Lipinski definition) is 5. The predicted molar refractivity (Wildman–Crippen MR) is 60.7 cm³/mol. The molecule has 1 aromatic carbocycles. The van der Waals surface area contributed by atoms with Gasteiger partial charge in [-0.25, -0.2) is 0 Å².